The molecule has 0 spiro atoms. The predicted molar refractivity (Wildman–Crippen MR) is 43.6 cm³/mol. The van der Waals surface area contributed by atoms with Crippen LogP contribution in [0.1, 0.15) is 26.2 Å². The Morgan fingerprint density at radius 2 is 2.45 bits per heavy atom. The second-order valence-corrected chi connectivity index (χ2v) is 2.26. The van der Waals surface area contributed by atoms with Gasteiger partial charge in [0.25, 0.3) is 0 Å². The largest absolute Gasteiger partial charge is 0.449 e. The summed E-state index contributed by atoms with van der Waals surface area (Å²) in [6.45, 7) is 5.28. The van der Waals surface area contributed by atoms with Crippen LogP contribution >= 0.6 is 0 Å². The van der Waals surface area contributed by atoms with Gasteiger partial charge in [-0.25, -0.2) is 0 Å². The molecule has 2 nitrogen and oxygen atoms in total. The molecule has 0 aromatic rings. The maximum absolute atomic E-state index is 10.8. The Hall–Kier alpha value is -0.970. The van der Waals surface area contributed by atoms with E-state index < -0.39 is 6.10 Å². The topological polar surface area (TPSA) is 26.3 Å². The van der Waals surface area contributed by atoms with E-state index in [-0.39, 0.29) is 5.97 Å². The molecule has 0 aliphatic rings. The second kappa shape index (κ2) is 5.79. The number of ether oxygens (including phenoxy) is 1. The van der Waals surface area contributed by atoms with Crippen LogP contribution in [0.5, 0.6) is 0 Å². The highest BCUT2D eigenvalue weighted by molar-refractivity contribution is 5.69. The van der Waals surface area contributed by atoms with Crippen LogP contribution in [-0.4, -0.2) is 12.1 Å². The maximum atomic E-state index is 10.8. The molecule has 0 fully saturated rings. The highest BCUT2D eigenvalue weighted by Crippen LogP contribution is 1.98. The van der Waals surface area contributed by atoms with Crippen LogP contribution in [-0.2, 0) is 9.53 Å². The molecule has 1 radical (unpaired) electrons. The van der Waals surface area contributed by atoms with Crippen molar-refractivity contribution in [1.82, 2.24) is 0 Å². The third-order valence-corrected chi connectivity index (χ3v) is 1.17. The van der Waals surface area contributed by atoms with Gasteiger partial charge in [0.1, 0.15) is 0 Å². The van der Waals surface area contributed by atoms with E-state index in [0.717, 1.165) is 12.8 Å². The number of carbonyl (C=O) groups excluding carboxylic acids is 1. The van der Waals surface area contributed by atoms with E-state index in [4.69, 9.17) is 11.2 Å². The SMILES string of the molecule is C#CC(C)OC(=O)CCC[CH2]. The van der Waals surface area contributed by atoms with Gasteiger partial charge in [0, 0.05) is 6.42 Å². The van der Waals surface area contributed by atoms with Gasteiger partial charge >= 0.3 is 5.97 Å². The van der Waals surface area contributed by atoms with Crippen LogP contribution in [0.2, 0.25) is 0 Å². The van der Waals surface area contributed by atoms with E-state index in [1.165, 1.54) is 0 Å². The fraction of sp³-hybridized carbons (Fsp3) is 0.556. The standard InChI is InChI=1S/C9H13O2/c1-4-6-7-9(10)11-8(3)5-2/h2,8H,1,4,6-7H2,3H3. The van der Waals surface area contributed by atoms with Gasteiger partial charge in [-0.1, -0.05) is 19.3 Å². The summed E-state index contributed by atoms with van der Waals surface area (Å²) >= 11 is 0. The molecule has 0 saturated heterocycles. The third kappa shape index (κ3) is 5.47. The predicted octanol–water partition coefficient (Wildman–Crippen LogP) is 1.56. The van der Waals surface area contributed by atoms with Gasteiger partial charge in [-0.15, -0.1) is 6.42 Å². The summed E-state index contributed by atoms with van der Waals surface area (Å²) in [4.78, 5) is 10.8. The van der Waals surface area contributed by atoms with Gasteiger partial charge in [0.15, 0.2) is 6.10 Å². The first-order valence-electron chi connectivity index (χ1n) is 3.65. The third-order valence-electron chi connectivity index (χ3n) is 1.17. The van der Waals surface area contributed by atoms with Crippen LogP contribution in [0.4, 0.5) is 0 Å². The molecule has 0 saturated carbocycles. The van der Waals surface area contributed by atoms with Crippen molar-refractivity contribution in [2.24, 2.45) is 0 Å². The first-order chi connectivity index (χ1) is 5.20. The average molecular weight is 153 g/mol. The Morgan fingerprint density at radius 3 is 2.91 bits per heavy atom. The van der Waals surface area contributed by atoms with Gasteiger partial charge in [-0.2, -0.15) is 0 Å². The number of hydrogen-bond acceptors (Lipinski definition) is 2. The summed E-state index contributed by atoms with van der Waals surface area (Å²) in [6, 6.07) is 0. The molecule has 11 heavy (non-hydrogen) atoms. The Kier molecular flexibility index (Phi) is 5.28. The molecule has 1 unspecified atom stereocenters. The van der Waals surface area contributed by atoms with Crippen LogP contribution in [0.15, 0.2) is 0 Å². The number of rotatable bonds is 4. The summed E-state index contributed by atoms with van der Waals surface area (Å²) in [5.41, 5.74) is 0. The summed E-state index contributed by atoms with van der Waals surface area (Å²) in [5.74, 6) is 2.08. The number of terminal acetylenes is 1. The molecule has 1 atom stereocenters. The smallest absolute Gasteiger partial charge is 0.307 e. The van der Waals surface area contributed by atoms with Crippen molar-refractivity contribution >= 4 is 5.97 Å². The Bertz CT molecular complexity index is 155. The zero-order valence-corrected chi connectivity index (χ0v) is 6.80. The zero-order chi connectivity index (χ0) is 8.69. The fourth-order valence-electron chi connectivity index (χ4n) is 0.559. The van der Waals surface area contributed by atoms with Gasteiger partial charge in [0.2, 0.25) is 0 Å². The minimum absolute atomic E-state index is 0.237. The minimum Gasteiger partial charge on any atom is -0.449 e. The monoisotopic (exact) mass is 153 g/mol. The van der Waals surface area contributed by atoms with Gasteiger partial charge in [-0.3, -0.25) is 4.79 Å². The molecule has 0 aromatic carbocycles. The van der Waals surface area contributed by atoms with E-state index in [0.29, 0.717) is 6.42 Å². The zero-order valence-electron chi connectivity index (χ0n) is 6.80. The van der Waals surface area contributed by atoms with E-state index in [1.807, 2.05) is 0 Å². The van der Waals surface area contributed by atoms with Crippen molar-refractivity contribution in [3.63, 3.8) is 0 Å². The summed E-state index contributed by atoms with van der Waals surface area (Å²) in [7, 11) is 0. The van der Waals surface area contributed by atoms with Crippen molar-refractivity contribution < 1.29 is 9.53 Å². The summed E-state index contributed by atoms with van der Waals surface area (Å²) in [5, 5.41) is 0. The van der Waals surface area contributed by atoms with Gasteiger partial charge in [-0.05, 0) is 13.3 Å². The number of esters is 1. The van der Waals surface area contributed by atoms with Crippen molar-refractivity contribution in [3.05, 3.63) is 6.92 Å². The Morgan fingerprint density at radius 1 is 1.82 bits per heavy atom. The Labute approximate surface area is 67.9 Å². The Balaban J connectivity index is 3.46. The van der Waals surface area contributed by atoms with Crippen molar-refractivity contribution in [2.45, 2.75) is 32.3 Å². The lowest BCUT2D eigenvalue weighted by Gasteiger charge is -2.05. The van der Waals surface area contributed by atoms with Crippen LogP contribution in [0, 0.1) is 19.3 Å². The van der Waals surface area contributed by atoms with Crippen molar-refractivity contribution in [3.8, 4) is 12.3 Å². The molecule has 0 aliphatic heterocycles. The lowest BCUT2D eigenvalue weighted by atomic mass is 10.2. The number of carbonyl (C=O) groups is 1. The van der Waals surface area contributed by atoms with Gasteiger partial charge < -0.3 is 4.74 Å². The maximum Gasteiger partial charge on any atom is 0.307 e. The van der Waals surface area contributed by atoms with E-state index >= 15 is 0 Å². The lowest BCUT2D eigenvalue weighted by Crippen LogP contribution is -2.12. The molecule has 0 amide bonds. The minimum atomic E-state index is -0.410. The van der Waals surface area contributed by atoms with Crippen LogP contribution in [0.3, 0.4) is 0 Å². The molecular formula is C9H13O2. The quantitative estimate of drug-likeness (QED) is 0.452. The van der Waals surface area contributed by atoms with Gasteiger partial charge in [0.05, 0.1) is 0 Å². The molecular weight excluding hydrogens is 140 g/mol. The molecule has 0 heterocycles. The van der Waals surface area contributed by atoms with Crippen molar-refractivity contribution in [1.29, 1.82) is 0 Å². The number of hydrogen-bond donors (Lipinski definition) is 0. The summed E-state index contributed by atoms with van der Waals surface area (Å²) < 4.78 is 4.80. The highest BCUT2D eigenvalue weighted by atomic mass is 16.5. The summed E-state index contributed by atoms with van der Waals surface area (Å²) in [6.07, 6.45) is 6.52. The van der Waals surface area contributed by atoms with Crippen molar-refractivity contribution in [2.75, 3.05) is 0 Å². The molecule has 61 valence electrons. The average Bonchev–Trinajstić information content (AvgIpc) is 2.00. The molecule has 2 heteroatoms. The first-order valence-corrected chi connectivity index (χ1v) is 3.65. The van der Waals surface area contributed by atoms with Crippen LogP contribution < -0.4 is 0 Å². The van der Waals surface area contributed by atoms with E-state index in [9.17, 15) is 4.79 Å². The molecule has 0 aliphatic carbocycles. The van der Waals surface area contributed by atoms with E-state index in [1.54, 1.807) is 6.92 Å². The molecule has 0 N–H and O–H groups in total. The van der Waals surface area contributed by atoms with Crippen LogP contribution in [0.25, 0.3) is 0 Å². The van der Waals surface area contributed by atoms with E-state index in [2.05, 4.69) is 12.8 Å². The normalized spacial score (nSPS) is 11.7. The highest BCUT2D eigenvalue weighted by Gasteiger charge is 2.04. The molecule has 0 bridgehead atoms. The first kappa shape index (κ1) is 10.0. The number of unbranched alkanes of at least 4 members (excludes halogenated alkanes) is 1. The lowest BCUT2D eigenvalue weighted by molar-refractivity contribution is -0.145. The molecule has 0 rings (SSSR count). The molecule has 0 aromatic heterocycles. The second-order valence-electron chi connectivity index (χ2n) is 2.26. The fourth-order valence-corrected chi connectivity index (χ4v) is 0.559.